The van der Waals surface area contributed by atoms with E-state index in [2.05, 4.69) is 10.3 Å². The van der Waals surface area contributed by atoms with Crippen molar-refractivity contribution in [2.45, 2.75) is 37.1 Å². The van der Waals surface area contributed by atoms with Gasteiger partial charge in [-0.3, -0.25) is 4.79 Å². The summed E-state index contributed by atoms with van der Waals surface area (Å²) >= 11 is 7.46. The number of amides is 1. The summed E-state index contributed by atoms with van der Waals surface area (Å²) in [4.78, 5) is 18.1. The zero-order valence-corrected chi connectivity index (χ0v) is 14.8. The predicted octanol–water partition coefficient (Wildman–Crippen LogP) is 4.11. The number of rotatable bonds is 4. The van der Waals surface area contributed by atoms with Gasteiger partial charge in [0.25, 0.3) is 5.91 Å². The van der Waals surface area contributed by atoms with Gasteiger partial charge in [-0.05, 0) is 43.4 Å². The van der Waals surface area contributed by atoms with Crippen LogP contribution in [0.2, 0.25) is 5.02 Å². The number of nitrogens with zero attached hydrogens (tertiary/aromatic N) is 1. The minimum atomic E-state index is -0.398. The summed E-state index contributed by atoms with van der Waals surface area (Å²) < 4.78 is 5.53. The SMILES string of the molecule is O=C(NC1(c2ccc(Cl)cc2)CCOCC1)c1scnc1C1CC1. The van der Waals surface area contributed by atoms with E-state index in [4.69, 9.17) is 16.3 Å². The van der Waals surface area contributed by atoms with Crippen LogP contribution in [-0.2, 0) is 10.3 Å². The average molecular weight is 363 g/mol. The molecule has 2 heterocycles. The van der Waals surface area contributed by atoms with Crippen LogP contribution >= 0.6 is 22.9 Å². The Morgan fingerprint density at radius 1 is 1.25 bits per heavy atom. The van der Waals surface area contributed by atoms with Crippen molar-refractivity contribution in [2.75, 3.05) is 13.2 Å². The number of halogens is 1. The molecule has 2 fully saturated rings. The number of hydrogen-bond acceptors (Lipinski definition) is 4. The fourth-order valence-corrected chi connectivity index (χ4v) is 4.22. The summed E-state index contributed by atoms with van der Waals surface area (Å²) in [6, 6.07) is 7.76. The molecule has 1 saturated heterocycles. The van der Waals surface area contributed by atoms with E-state index in [1.807, 2.05) is 24.3 Å². The summed E-state index contributed by atoms with van der Waals surface area (Å²) in [6.45, 7) is 1.28. The highest BCUT2D eigenvalue weighted by Gasteiger charge is 2.38. The third-order valence-corrected chi connectivity index (χ3v) is 5.95. The molecule has 0 atom stereocenters. The molecule has 2 aromatic rings. The molecular formula is C18H19ClN2O2S. The molecule has 1 aliphatic carbocycles. The summed E-state index contributed by atoms with van der Waals surface area (Å²) in [5.74, 6) is 0.453. The van der Waals surface area contributed by atoms with E-state index in [0.717, 1.165) is 41.8 Å². The number of benzene rings is 1. The Labute approximate surface area is 150 Å². The molecule has 2 aliphatic rings. The lowest BCUT2D eigenvalue weighted by Gasteiger charge is -2.38. The molecule has 24 heavy (non-hydrogen) atoms. The quantitative estimate of drug-likeness (QED) is 0.890. The molecule has 1 aliphatic heterocycles. The topological polar surface area (TPSA) is 51.2 Å². The highest BCUT2D eigenvalue weighted by atomic mass is 35.5. The van der Waals surface area contributed by atoms with E-state index in [0.29, 0.717) is 24.2 Å². The Kier molecular flexibility index (Phi) is 4.33. The molecule has 0 unspecified atom stereocenters. The molecule has 0 bridgehead atoms. The Balaban J connectivity index is 1.63. The van der Waals surface area contributed by atoms with Crippen LogP contribution in [0.3, 0.4) is 0 Å². The standard InChI is InChI=1S/C18H19ClN2O2S/c19-14-5-3-13(4-6-14)18(7-9-23-10-8-18)21-17(22)16-15(12-1-2-12)20-11-24-16/h3-6,11-12H,1-2,7-10H2,(H,21,22). The zero-order valence-electron chi connectivity index (χ0n) is 13.3. The van der Waals surface area contributed by atoms with Gasteiger partial charge in [-0.2, -0.15) is 0 Å². The molecule has 1 aromatic heterocycles. The van der Waals surface area contributed by atoms with Crippen molar-refractivity contribution < 1.29 is 9.53 Å². The van der Waals surface area contributed by atoms with E-state index >= 15 is 0 Å². The number of aromatic nitrogens is 1. The van der Waals surface area contributed by atoms with E-state index in [-0.39, 0.29) is 5.91 Å². The van der Waals surface area contributed by atoms with Gasteiger partial charge in [-0.1, -0.05) is 23.7 Å². The first-order chi connectivity index (χ1) is 11.7. The lowest BCUT2D eigenvalue weighted by molar-refractivity contribution is 0.0346. The first-order valence-corrected chi connectivity index (χ1v) is 9.53. The van der Waals surface area contributed by atoms with E-state index in [1.165, 1.54) is 11.3 Å². The number of carbonyl (C=O) groups excluding carboxylic acids is 1. The monoisotopic (exact) mass is 362 g/mol. The maximum absolute atomic E-state index is 13.0. The van der Waals surface area contributed by atoms with Crippen molar-refractivity contribution in [2.24, 2.45) is 0 Å². The van der Waals surface area contributed by atoms with Crippen LogP contribution < -0.4 is 5.32 Å². The molecule has 1 saturated carbocycles. The van der Waals surface area contributed by atoms with Crippen molar-refractivity contribution >= 4 is 28.8 Å². The largest absolute Gasteiger partial charge is 0.381 e. The van der Waals surface area contributed by atoms with Crippen LogP contribution in [0.4, 0.5) is 0 Å². The molecule has 1 aromatic carbocycles. The molecule has 0 radical (unpaired) electrons. The maximum Gasteiger partial charge on any atom is 0.263 e. The van der Waals surface area contributed by atoms with Gasteiger partial charge in [0.1, 0.15) is 4.88 Å². The number of carbonyl (C=O) groups is 1. The average Bonchev–Trinajstić information content (AvgIpc) is 3.32. The molecule has 4 rings (SSSR count). The van der Waals surface area contributed by atoms with Gasteiger partial charge in [0.2, 0.25) is 0 Å². The molecule has 0 spiro atoms. The second-order valence-electron chi connectivity index (χ2n) is 6.50. The lowest BCUT2D eigenvalue weighted by Crippen LogP contribution is -2.49. The van der Waals surface area contributed by atoms with Crippen LogP contribution in [-0.4, -0.2) is 24.1 Å². The number of thiazole rings is 1. The van der Waals surface area contributed by atoms with Gasteiger partial charge < -0.3 is 10.1 Å². The third-order valence-electron chi connectivity index (χ3n) is 4.86. The zero-order chi connectivity index (χ0) is 16.6. The number of ether oxygens (including phenoxy) is 1. The molecular weight excluding hydrogens is 344 g/mol. The number of hydrogen-bond donors (Lipinski definition) is 1. The van der Waals surface area contributed by atoms with Gasteiger partial charge in [0, 0.05) is 24.2 Å². The minimum absolute atomic E-state index is 0.0174. The van der Waals surface area contributed by atoms with E-state index in [1.54, 1.807) is 5.51 Å². The fourth-order valence-electron chi connectivity index (χ4n) is 3.32. The van der Waals surface area contributed by atoms with Crippen LogP contribution in [0.15, 0.2) is 29.8 Å². The van der Waals surface area contributed by atoms with Crippen molar-refractivity contribution in [3.05, 3.63) is 50.9 Å². The van der Waals surface area contributed by atoms with Crippen LogP contribution in [0.25, 0.3) is 0 Å². The summed E-state index contributed by atoms with van der Waals surface area (Å²) in [5, 5.41) is 4.00. The van der Waals surface area contributed by atoms with Gasteiger partial charge in [0.05, 0.1) is 16.7 Å². The predicted molar refractivity (Wildman–Crippen MR) is 94.7 cm³/mol. The molecule has 1 N–H and O–H groups in total. The smallest absolute Gasteiger partial charge is 0.263 e. The summed E-state index contributed by atoms with van der Waals surface area (Å²) in [7, 11) is 0. The van der Waals surface area contributed by atoms with Gasteiger partial charge in [0.15, 0.2) is 0 Å². The lowest BCUT2D eigenvalue weighted by atomic mass is 9.82. The second kappa shape index (κ2) is 6.47. The highest BCUT2D eigenvalue weighted by molar-refractivity contribution is 7.11. The van der Waals surface area contributed by atoms with Gasteiger partial charge in [-0.15, -0.1) is 11.3 Å². The number of nitrogens with one attached hydrogen (secondary N) is 1. The molecule has 4 nitrogen and oxygen atoms in total. The Hall–Kier alpha value is -1.43. The van der Waals surface area contributed by atoms with Crippen LogP contribution in [0.1, 0.15) is 52.5 Å². The maximum atomic E-state index is 13.0. The van der Waals surface area contributed by atoms with Crippen molar-refractivity contribution in [3.8, 4) is 0 Å². The second-order valence-corrected chi connectivity index (χ2v) is 7.79. The third kappa shape index (κ3) is 3.08. The van der Waals surface area contributed by atoms with Crippen LogP contribution in [0, 0.1) is 0 Å². The minimum Gasteiger partial charge on any atom is -0.381 e. The highest BCUT2D eigenvalue weighted by Crippen LogP contribution is 2.42. The van der Waals surface area contributed by atoms with Gasteiger partial charge >= 0.3 is 0 Å². The molecule has 126 valence electrons. The Morgan fingerprint density at radius 2 is 1.96 bits per heavy atom. The van der Waals surface area contributed by atoms with E-state index < -0.39 is 5.54 Å². The molecule has 1 amide bonds. The van der Waals surface area contributed by atoms with Gasteiger partial charge in [-0.25, -0.2) is 4.98 Å². The van der Waals surface area contributed by atoms with E-state index in [9.17, 15) is 4.79 Å². The summed E-state index contributed by atoms with van der Waals surface area (Å²) in [5.41, 5.74) is 3.43. The first-order valence-electron chi connectivity index (χ1n) is 8.28. The van der Waals surface area contributed by atoms with Crippen molar-refractivity contribution in [3.63, 3.8) is 0 Å². The fraction of sp³-hybridized carbons (Fsp3) is 0.444. The normalized spacial score (nSPS) is 19.9. The molecule has 6 heteroatoms. The van der Waals surface area contributed by atoms with Crippen LogP contribution in [0.5, 0.6) is 0 Å². The Bertz CT molecular complexity index is 734. The Morgan fingerprint density at radius 3 is 2.62 bits per heavy atom. The first kappa shape index (κ1) is 16.1. The van der Waals surface area contributed by atoms with Crippen molar-refractivity contribution in [1.82, 2.24) is 10.3 Å². The summed E-state index contributed by atoms with van der Waals surface area (Å²) in [6.07, 6.45) is 3.80. The van der Waals surface area contributed by atoms with Crippen molar-refractivity contribution in [1.29, 1.82) is 0 Å².